The molecule has 1 heterocycles. The second-order valence-corrected chi connectivity index (χ2v) is 10.4. The maximum absolute atomic E-state index is 6.78. The van der Waals surface area contributed by atoms with E-state index < -0.39 is 0 Å². The molecule has 1 aliphatic carbocycles. The molecular weight excluding hydrogens is 280 g/mol. The van der Waals surface area contributed by atoms with Crippen LogP contribution in [0.15, 0.2) is 18.2 Å². The van der Waals surface area contributed by atoms with Gasteiger partial charge < -0.3 is 5.01 Å². The Kier molecular flexibility index (Phi) is 3.32. The Balaban J connectivity index is 2.28. The summed E-state index contributed by atoms with van der Waals surface area (Å²) in [5.41, 5.74) is 4.61. The molecule has 2 N–H and O–H groups in total. The first-order chi connectivity index (χ1) is 10.3. The third-order valence-electron chi connectivity index (χ3n) is 6.55. The third-order valence-corrected chi connectivity index (χ3v) is 6.55. The maximum atomic E-state index is 6.78. The Morgan fingerprint density at radius 3 is 2.22 bits per heavy atom. The van der Waals surface area contributed by atoms with Crippen molar-refractivity contribution < 1.29 is 0 Å². The van der Waals surface area contributed by atoms with E-state index in [9.17, 15) is 0 Å². The van der Waals surface area contributed by atoms with Gasteiger partial charge in [-0.05, 0) is 60.5 Å². The Morgan fingerprint density at radius 1 is 1.00 bits per heavy atom. The van der Waals surface area contributed by atoms with E-state index >= 15 is 0 Å². The lowest BCUT2D eigenvalue weighted by Gasteiger charge is -2.66. The van der Waals surface area contributed by atoms with Gasteiger partial charge in [0.25, 0.3) is 0 Å². The summed E-state index contributed by atoms with van der Waals surface area (Å²) in [6.07, 6.45) is 2.39. The Labute approximate surface area is 142 Å². The quantitative estimate of drug-likeness (QED) is 0.668. The van der Waals surface area contributed by atoms with E-state index in [4.69, 9.17) is 5.84 Å². The van der Waals surface area contributed by atoms with E-state index in [2.05, 4.69) is 78.6 Å². The zero-order valence-electron chi connectivity index (χ0n) is 16.2. The van der Waals surface area contributed by atoms with Crippen LogP contribution in [0, 0.1) is 23.7 Å². The van der Waals surface area contributed by atoms with Gasteiger partial charge in [0.05, 0.1) is 11.2 Å². The van der Waals surface area contributed by atoms with E-state index in [0.717, 1.165) is 6.42 Å². The van der Waals surface area contributed by atoms with Crippen molar-refractivity contribution in [3.05, 3.63) is 29.3 Å². The first-order valence-electron chi connectivity index (χ1n) is 8.97. The van der Waals surface area contributed by atoms with E-state index in [1.165, 1.54) is 23.2 Å². The van der Waals surface area contributed by atoms with Crippen LogP contribution in [0.4, 0.5) is 5.69 Å². The molecule has 1 fully saturated rings. The van der Waals surface area contributed by atoms with Crippen molar-refractivity contribution >= 4 is 5.69 Å². The van der Waals surface area contributed by atoms with E-state index in [1.54, 1.807) is 0 Å². The van der Waals surface area contributed by atoms with Crippen LogP contribution in [0.2, 0.25) is 0 Å². The van der Waals surface area contributed by atoms with Gasteiger partial charge >= 0.3 is 0 Å². The predicted molar refractivity (Wildman–Crippen MR) is 99.6 cm³/mol. The van der Waals surface area contributed by atoms with Crippen molar-refractivity contribution in [3.8, 4) is 0 Å². The summed E-state index contributed by atoms with van der Waals surface area (Å²) in [5, 5.41) is 2.11. The molecule has 128 valence electrons. The highest BCUT2D eigenvalue weighted by atomic mass is 15.5. The second-order valence-electron chi connectivity index (χ2n) is 10.4. The molecule has 0 amide bonds. The minimum absolute atomic E-state index is 0.0169. The van der Waals surface area contributed by atoms with Crippen LogP contribution in [0.25, 0.3) is 0 Å². The molecule has 0 radical (unpaired) electrons. The fourth-order valence-electron chi connectivity index (χ4n) is 7.10. The summed E-state index contributed by atoms with van der Waals surface area (Å²) in [6.45, 7) is 19.2. The first kappa shape index (κ1) is 16.8. The summed E-state index contributed by atoms with van der Waals surface area (Å²) in [4.78, 5) is 0. The van der Waals surface area contributed by atoms with Gasteiger partial charge in [0.1, 0.15) is 0 Å². The van der Waals surface area contributed by atoms with E-state index in [-0.39, 0.29) is 16.4 Å². The zero-order chi connectivity index (χ0) is 17.4. The van der Waals surface area contributed by atoms with Crippen molar-refractivity contribution in [1.82, 2.24) is 0 Å². The predicted octanol–water partition coefficient (Wildman–Crippen LogP) is 5.19. The number of benzene rings is 1. The average molecular weight is 315 g/mol. The van der Waals surface area contributed by atoms with Crippen molar-refractivity contribution in [2.24, 2.45) is 22.6 Å². The number of hydrogen-bond donors (Lipinski definition) is 1. The number of rotatable bonds is 0. The molecule has 1 aromatic carbocycles. The van der Waals surface area contributed by atoms with Gasteiger partial charge in [-0.2, -0.15) is 0 Å². The molecule has 2 atom stereocenters. The molecule has 2 nitrogen and oxygen atoms in total. The standard InChI is InChI=1S/C21H34N2/c1-14-9-10-16-15(11-14)20(6,7)17-19(4,5)12-18(2,3)13-21(17,8)23(16)22/h9-11,17H,12-13,22H2,1-8H3. The number of nitrogens with two attached hydrogens (primary N) is 1. The normalized spacial score (nSPS) is 33.8. The topological polar surface area (TPSA) is 29.3 Å². The molecule has 23 heavy (non-hydrogen) atoms. The van der Waals surface area contributed by atoms with Gasteiger partial charge in [0.15, 0.2) is 0 Å². The minimum Gasteiger partial charge on any atom is -0.305 e. The smallest absolute Gasteiger partial charge is 0.0579 e. The number of hydrazine groups is 1. The number of fused-ring (bicyclic) bond motifs is 2. The highest BCUT2D eigenvalue weighted by Gasteiger charge is 2.62. The lowest BCUT2D eigenvalue weighted by molar-refractivity contribution is -0.0590. The monoisotopic (exact) mass is 314 g/mol. The van der Waals surface area contributed by atoms with Gasteiger partial charge in [-0.1, -0.05) is 59.2 Å². The highest BCUT2D eigenvalue weighted by Crippen LogP contribution is 2.64. The van der Waals surface area contributed by atoms with Crippen molar-refractivity contribution in [2.45, 2.75) is 79.2 Å². The second kappa shape index (κ2) is 4.53. The van der Waals surface area contributed by atoms with Crippen LogP contribution >= 0.6 is 0 Å². The van der Waals surface area contributed by atoms with E-state index in [0.29, 0.717) is 11.3 Å². The Hall–Kier alpha value is -1.02. The van der Waals surface area contributed by atoms with Crippen LogP contribution in [-0.4, -0.2) is 5.54 Å². The molecule has 0 bridgehead atoms. The van der Waals surface area contributed by atoms with Crippen molar-refractivity contribution in [2.75, 3.05) is 5.01 Å². The van der Waals surface area contributed by atoms with Crippen LogP contribution in [-0.2, 0) is 5.41 Å². The molecule has 2 aliphatic rings. The molecule has 1 aliphatic heterocycles. The molecule has 3 rings (SSSR count). The summed E-state index contributed by atoms with van der Waals surface area (Å²) >= 11 is 0. The summed E-state index contributed by atoms with van der Waals surface area (Å²) in [6, 6.07) is 6.77. The van der Waals surface area contributed by atoms with Gasteiger partial charge in [-0.15, -0.1) is 0 Å². The molecule has 0 aromatic heterocycles. The van der Waals surface area contributed by atoms with Gasteiger partial charge in [-0.3, -0.25) is 0 Å². The van der Waals surface area contributed by atoms with Gasteiger partial charge in [0.2, 0.25) is 0 Å². The first-order valence-corrected chi connectivity index (χ1v) is 8.97. The Bertz CT molecular complexity index is 641. The number of aryl methyl sites for hydroxylation is 1. The van der Waals surface area contributed by atoms with Crippen LogP contribution in [0.3, 0.4) is 0 Å². The van der Waals surface area contributed by atoms with Gasteiger partial charge in [0, 0.05) is 0 Å². The zero-order valence-corrected chi connectivity index (χ0v) is 16.2. The Morgan fingerprint density at radius 2 is 1.61 bits per heavy atom. The summed E-state index contributed by atoms with van der Waals surface area (Å²) in [5.74, 6) is 7.30. The maximum Gasteiger partial charge on any atom is 0.0579 e. The van der Waals surface area contributed by atoms with Gasteiger partial charge in [-0.25, -0.2) is 5.84 Å². The largest absolute Gasteiger partial charge is 0.305 e. The summed E-state index contributed by atoms with van der Waals surface area (Å²) < 4.78 is 0. The molecule has 2 unspecified atom stereocenters. The van der Waals surface area contributed by atoms with Crippen molar-refractivity contribution in [3.63, 3.8) is 0 Å². The molecular formula is C21H34N2. The van der Waals surface area contributed by atoms with Crippen molar-refractivity contribution in [1.29, 1.82) is 0 Å². The van der Waals surface area contributed by atoms with Crippen LogP contribution < -0.4 is 10.9 Å². The highest BCUT2D eigenvalue weighted by molar-refractivity contribution is 5.62. The fraction of sp³-hybridized carbons (Fsp3) is 0.714. The number of anilines is 1. The van der Waals surface area contributed by atoms with E-state index in [1.807, 2.05) is 0 Å². The summed E-state index contributed by atoms with van der Waals surface area (Å²) in [7, 11) is 0. The molecule has 1 saturated carbocycles. The minimum atomic E-state index is -0.0169. The molecule has 0 spiro atoms. The average Bonchev–Trinajstić information content (AvgIpc) is 2.32. The van der Waals surface area contributed by atoms with Crippen LogP contribution in [0.5, 0.6) is 0 Å². The SMILES string of the molecule is Cc1ccc2c(c1)C(C)(C)C1C(C)(C)CC(C)(C)CC1(C)N2N. The molecule has 1 aromatic rings. The molecule has 2 heteroatoms. The number of nitrogens with zero attached hydrogens (tertiary/aromatic N) is 1. The molecule has 0 saturated heterocycles. The third kappa shape index (κ3) is 2.25. The number of hydrogen-bond acceptors (Lipinski definition) is 2. The lowest BCUT2D eigenvalue weighted by Crippen LogP contribution is -2.70. The fourth-order valence-corrected chi connectivity index (χ4v) is 7.10. The lowest BCUT2D eigenvalue weighted by atomic mass is 9.44. The van der Waals surface area contributed by atoms with Crippen LogP contribution in [0.1, 0.15) is 72.4 Å².